The molecule has 1 N–H and O–H groups in total. The molecule has 6 heteroatoms. The predicted molar refractivity (Wildman–Crippen MR) is 103 cm³/mol. The number of aliphatic hydroxyl groups excluding tert-OH is 1. The fraction of sp³-hybridized carbons (Fsp3) is 0.429. The maximum absolute atomic E-state index is 12.6. The van der Waals surface area contributed by atoms with Crippen LogP contribution in [0.1, 0.15) is 44.8 Å². The molecule has 1 atom stereocenters. The minimum atomic E-state index is -2.94. The number of aliphatic hydroxyl groups is 1. The average molecular weight is 399 g/mol. The monoisotopic (exact) mass is 398 g/mol. The van der Waals surface area contributed by atoms with E-state index in [1.165, 1.54) is 12.1 Å². The van der Waals surface area contributed by atoms with E-state index in [-0.39, 0.29) is 17.9 Å². The Labute approximate surface area is 163 Å². The van der Waals surface area contributed by atoms with Crippen molar-refractivity contribution in [2.45, 2.75) is 45.8 Å². The third-order valence-electron chi connectivity index (χ3n) is 4.51. The number of allylic oxidation sites excluding steroid dienone is 4. The lowest BCUT2D eigenvalue weighted by Crippen LogP contribution is -2.08. The number of rotatable bonds is 10. The van der Waals surface area contributed by atoms with Crippen LogP contribution >= 0.6 is 11.6 Å². The van der Waals surface area contributed by atoms with Crippen LogP contribution in [0.15, 0.2) is 53.1 Å². The van der Waals surface area contributed by atoms with E-state index in [2.05, 4.69) is 11.3 Å². The second kappa shape index (κ2) is 9.90. The molecule has 3 nitrogen and oxygen atoms in total. The fourth-order valence-electron chi connectivity index (χ4n) is 2.59. The van der Waals surface area contributed by atoms with Crippen molar-refractivity contribution in [1.82, 2.24) is 0 Å². The van der Waals surface area contributed by atoms with E-state index in [0.29, 0.717) is 23.1 Å². The van der Waals surface area contributed by atoms with Gasteiger partial charge in [-0.05, 0) is 55.9 Å². The van der Waals surface area contributed by atoms with E-state index in [0.717, 1.165) is 24.0 Å². The zero-order valence-corrected chi connectivity index (χ0v) is 16.3. The van der Waals surface area contributed by atoms with E-state index >= 15 is 0 Å². The van der Waals surface area contributed by atoms with E-state index in [9.17, 15) is 13.9 Å². The van der Waals surface area contributed by atoms with Gasteiger partial charge in [0.25, 0.3) is 0 Å². The highest BCUT2D eigenvalue weighted by Crippen LogP contribution is 2.37. The molecule has 0 heterocycles. The number of hydrogen-bond donors (Lipinski definition) is 1. The Hall–Kier alpha value is -1.85. The van der Waals surface area contributed by atoms with E-state index < -0.39 is 12.7 Å². The quantitative estimate of drug-likeness (QED) is 0.481. The molecule has 1 fully saturated rings. The van der Waals surface area contributed by atoms with Crippen LogP contribution in [-0.2, 0) is 0 Å². The number of benzene rings is 1. The van der Waals surface area contributed by atoms with Gasteiger partial charge in [0.15, 0.2) is 11.5 Å². The zero-order valence-electron chi connectivity index (χ0n) is 15.6. The normalized spacial score (nSPS) is 16.8. The van der Waals surface area contributed by atoms with Gasteiger partial charge in [-0.1, -0.05) is 42.0 Å². The third-order valence-corrected chi connectivity index (χ3v) is 4.90. The van der Waals surface area contributed by atoms with E-state index in [1.807, 2.05) is 19.9 Å². The molecule has 1 aromatic carbocycles. The van der Waals surface area contributed by atoms with Gasteiger partial charge in [-0.2, -0.15) is 8.78 Å². The van der Waals surface area contributed by atoms with Gasteiger partial charge < -0.3 is 14.6 Å². The maximum Gasteiger partial charge on any atom is 0.387 e. The molecule has 0 saturated heterocycles. The van der Waals surface area contributed by atoms with Crippen molar-refractivity contribution in [2.24, 2.45) is 5.92 Å². The van der Waals surface area contributed by atoms with Crippen LogP contribution in [0, 0.1) is 5.92 Å². The van der Waals surface area contributed by atoms with Crippen LogP contribution < -0.4 is 9.47 Å². The molecule has 0 bridgehead atoms. The highest BCUT2D eigenvalue weighted by atomic mass is 35.5. The summed E-state index contributed by atoms with van der Waals surface area (Å²) in [4.78, 5) is 0. The van der Waals surface area contributed by atoms with Gasteiger partial charge in [-0.3, -0.25) is 0 Å². The summed E-state index contributed by atoms with van der Waals surface area (Å²) >= 11 is 6.22. The minimum Gasteiger partial charge on any atom is -0.489 e. The second-order valence-corrected chi connectivity index (χ2v) is 6.97. The van der Waals surface area contributed by atoms with Gasteiger partial charge in [0.2, 0.25) is 0 Å². The molecule has 0 radical (unpaired) electrons. The van der Waals surface area contributed by atoms with Crippen LogP contribution in [-0.4, -0.2) is 18.3 Å². The molecule has 0 amide bonds. The summed E-state index contributed by atoms with van der Waals surface area (Å²) in [5.74, 6) is 0.629. The standard InChI is InChI=1S/C21H25ClF2O3/c1-4-13(3)16(17(22)5-2)11-18(25)15-8-9-19(27-21(23)24)20(10-15)26-12-14-6-7-14/h4-5,8-10,14,18,21,25H,2,6-7,11-12H2,1,3H3/b13-4-,17-16+/t18-/m0/s1. The predicted octanol–water partition coefficient (Wildman–Crippen LogP) is 6.15. The van der Waals surface area contributed by atoms with E-state index in [1.54, 1.807) is 12.1 Å². The largest absolute Gasteiger partial charge is 0.489 e. The first kappa shape index (κ1) is 21.5. The van der Waals surface area contributed by atoms with Gasteiger partial charge in [0.1, 0.15) is 0 Å². The van der Waals surface area contributed by atoms with Gasteiger partial charge in [-0.15, -0.1) is 0 Å². The number of hydrogen-bond acceptors (Lipinski definition) is 3. The Morgan fingerprint density at radius 2 is 2.07 bits per heavy atom. The molecule has 0 aromatic heterocycles. The first-order valence-corrected chi connectivity index (χ1v) is 9.27. The molecule has 27 heavy (non-hydrogen) atoms. The SMILES string of the molecule is C=C/C(Cl)=C(C[C@H](O)c1ccc(OC(F)F)c(OCC2CC2)c1)\C(C)=C/C. The van der Waals surface area contributed by atoms with Crippen LogP contribution in [0.2, 0.25) is 0 Å². The summed E-state index contributed by atoms with van der Waals surface area (Å²) in [5.41, 5.74) is 2.24. The fourth-order valence-corrected chi connectivity index (χ4v) is 2.81. The average Bonchev–Trinajstić information content (AvgIpc) is 3.47. The topological polar surface area (TPSA) is 38.7 Å². The van der Waals surface area contributed by atoms with Gasteiger partial charge in [-0.25, -0.2) is 0 Å². The lowest BCUT2D eigenvalue weighted by molar-refractivity contribution is -0.0515. The van der Waals surface area contributed by atoms with Crippen molar-refractivity contribution in [1.29, 1.82) is 0 Å². The van der Waals surface area contributed by atoms with Crippen molar-refractivity contribution >= 4 is 11.6 Å². The smallest absolute Gasteiger partial charge is 0.387 e. The Kier molecular flexibility index (Phi) is 7.87. The van der Waals surface area contributed by atoms with Gasteiger partial charge >= 0.3 is 6.61 Å². The summed E-state index contributed by atoms with van der Waals surface area (Å²) in [7, 11) is 0. The summed E-state index contributed by atoms with van der Waals surface area (Å²) in [6.07, 6.45) is 4.96. The molecule has 0 spiro atoms. The van der Waals surface area contributed by atoms with Crippen molar-refractivity contribution < 1.29 is 23.4 Å². The van der Waals surface area contributed by atoms with E-state index in [4.69, 9.17) is 16.3 Å². The highest BCUT2D eigenvalue weighted by Gasteiger charge is 2.24. The summed E-state index contributed by atoms with van der Waals surface area (Å²) in [6.45, 7) is 4.96. The highest BCUT2D eigenvalue weighted by molar-refractivity contribution is 6.31. The minimum absolute atomic E-state index is 0.0360. The van der Waals surface area contributed by atoms with Gasteiger partial charge in [0.05, 0.1) is 12.7 Å². The molecule has 1 saturated carbocycles. The maximum atomic E-state index is 12.6. The van der Waals surface area contributed by atoms with Crippen LogP contribution in [0.3, 0.4) is 0 Å². The Morgan fingerprint density at radius 1 is 1.37 bits per heavy atom. The molecule has 1 aliphatic rings. The molecule has 0 unspecified atom stereocenters. The van der Waals surface area contributed by atoms with Crippen molar-refractivity contribution in [3.63, 3.8) is 0 Å². The Balaban J connectivity index is 2.24. The van der Waals surface area contributed by atoms with Crippen molar-refractivity contribution in [2.75, 3.05) is 6.61 Å². The lowest BCUT2D eigenvalue weighted by atomic mass is 9.96. The molecular formula is C21H25ClF2O3. The van der Waals surface area contributed by atoms with Crippen LogP contribution in [0.25, 0.3) is 0 Å². The first-order chi connectivity index (χ1) is 12.8. The molecule has 148 valence electrons. The summed E-state index contributed by atoms with van der Waals surface area (Å²) in [5, 5.41) is 11.1. The molecule has 1 aliphatic carbocycles. The van der Waals surface area contributed by atoms with Crippen LogP contribution in [0.4, 0.5) is 8.78 Å². The van der Waals surface area contributed by atoms with Crippen LogP contribution in [0.5, 0.6) is 11.5 Å². The summed E-state index contributed by atoms with van der Waals surface area (Å²) in [6, 6.07) is 4.50. The zero-order chi connectivity index (χ0) is 20.0. The Bertz CT molecular complexity index is 724. The van der Waals surface area contributed by atoms with Crippen molar-refractivity contribution in [3.8, 4) is 11.5 Å². The van der Waals surface area contributed by atoms with Crippen molar-refractivity contribution in [3.05, 3.63) is 58.7 Å². The molecule has 0 aliphatic heterocycles. The molecule has 2 rings (SSSR count). The van der Waals surface area contributed by atoms with Gasteiger partial charge in [0, 0.05) is 11.5 Å². The lowest BCUT2D eigenvalue weighted by Gasteiger charge is -2.18. The Morgan fingerprint density at radius 3 is 2.63 bits per heavy atom. The number of halogens is 3. The number of alkyl halides is 2. The first-order valence-electron chi connectivity index (χ1n) is 8.89. The second-order valence-electron chi connectivity index (χ2n) is 6.56. The molecular weight excluding hydrogens is 374 g/mol. The third kappa shape index (κ3) is 6.36. The molecule has 1 aromatic rings. The number of ether oxygens (including phenoxy) is 2. The summed E-state index contributed by atoms with van der Waals surface area (Å²) < 4.78 is 35.5.